The lowest BCUT2D eigenvalue weighted by Gasteiger charge is -2.06. The molecule has 0 aliphatic carbocycles. The van der Waals surface area contributed by atoms with Crippen LogP contribution < -0.4 is 5.73 Å². The Morgan fingerprint density at radius 1 is 1.73 bits per heavy atom. The van der Waals surface area contributed by atoms with Gasteiger partial charge in [-0.25, -0.2) is 4.79 Å². The lowest BCUT2D eigenvalue weighted by Crippen LogP contribution is -2.12. The molecule has 3 nitrogen and oxygen atoms in total. The molecule has 0 aliphatic heterocycles. The summed E-state index contributed by atoms with van der Waals surface area (Å²) in [5, 5.41) is 9.24. The topological polar surface area (TPSA) is 63.3 Å². The number of thiophene rings is 1. The van der Waals surface area contributed by atoms with Gasteiger partial charge in [-0.1, -0.05) is 6.92 Å². The summed E-state index contributed by atoms with van der Waals surface area (Å²) in [4.78, 5) is 12.3. The van der Waals surface area contributed by atoms with E-state index in [1.54, 1.807) is 17.8 Å². The van der Waals surface area contributed by atoms with Crippen molar-refractivity contribution in [1.82, 2.24) is 0 Å². The van der Waals surface area contributed by atoms with Crippen molar-refractivity contribution in [2.24, 2.45) is 5.73 Å². The zero-order valence-electron chi connectivity index (χ0n) is 8.82. The Bertz CT molecular complexity index is 349. The fourth-order valence-corrected chi connectivity index (χ4v) is 2.94. The van der Waals surface area contributed by atoms with Crippen molar-refractivity contribution in [2.45, 2.75) is 24.9 Å². The average molecular weight is 245 g/mol. The summed E-state index contributed by atoms with van der Waals surface area (Å²) in [6, 6.07) is 1.76. The number of carboxylic acid groups (broad SMARTS) is 1. The largest absolute Gasteiger partial charge is 0.477 e. The van der Waals surface area contributed by atoms with Crippen LogP contribution in [0.1, 0.15) is 27.0 Å². The van der Waals surface area contributed by atoms with E-state index < -0.39 is 5.97 Å². The van der Waals surface area contributed by atoms with Crippen molar-refractivity contribution in [2.75, 3.05) is 6.54 Å². The smallest absolute Gasteiger partial charge is 0.345 e. The first-order valence-corrected chi connectivity index (χ1v) is 6.55. The van der Waals surface area contributed by atoms with Gasteiger partial charge in [0.05, 0.1) is 0 Å². The highest BCUT2D eigenvalue weighted by molar-refractivity contribution is 7.99. The van der Waals surface area contributed by atoms with Gasteiger partial charge in [-0.05, 0) is 18.6 Å². The third kappa shape index (κ3) is 3.52. The molecule has 1 heterocycles. The molecule has 0 amide bonds. The molecule has 84 valence electrons. The van der Waals surface area contributed by atoms with E-state index in [4.69, 9.17) is 10.8 Å². The third-order valence-electron chi connectivity index (χ3n) is 2.09. The fraction of sp³-hybridized carbons (Fsp3) is 0.500. The van der Waals surface area contributed by atoms with Crippen LogP contribution in [0.25, 0.3) is 0 Å². The second kappa shape index (κ2) is 5.53. The molecule has 5 heteroatoms. The van der Waals surface area contributed by atoms with Gasteiger partial charge in [0.15, 0.2) is 0 Å². The van der Waals surface area contributed by atoms with E-state index >= 15 is 0 Å². The Balaban J connectivity index is 2.65. The van der Waals surface area contributed by atoms with Crippen LogP contribution >= 0.6 is 23.1 Å². The molecule has 15 heavy (non-hydrogen) atoms. The molecule has 0 saturated carbocycles. The van der Waals surface area contributed by atoms with Crippen molar-refractivity contribution in [3.63, 3.8) is 0 Å². The first-order valence-electron chi connectivity index (χ1n) is 4.69. The highest BCUT2D eigenvalue weighted by atomic mass is 32.2. The number of carboxylic acids is 1. The molecule has 0 aromatic carbocycles. The lowest BCUT2D eigenvalue weighted by molar-refractivity contribution is 0.0702. The second-order valence-corrected chi connectivity index (χ2v) is 6.04. The van der Waals surface area contributed by atoms with E-state index in [0.717, 1.165) is 16.2 Å². The van der Waals surface area contributed by atoms with E-state index in [1.165, 1.54) is 11.3 Å². The van der Waals surface area contributed by atoms with Crippen LogP contribution in [0.4, 0.5) is 0 Å². The molecule has 1 rings (SSSR count). The van der Waals surface area contributed by atoms with Crippen LogP contribution in [0.3, 0.4) is 0 Å². The summed E-state index contributed by atoms with van der Waals surface area (Å²) < 4.78 is 0. The lowest BCUT2D eigenvalue weighted by atomic mass is 10.3. The Hall–Kier alpha value is -0.520. The number of thioether (sulfide) groups is 1. The van der Waals surface area contributed by atoms with Crippen LogP contribution in [0.5, 0.6) is 0 Å². The van der Waals surface area contributed by atoms with Gasteiger partial charge < -0.3 is 10.8 Å². The van der Waals surface area contributed by atoms with Gasteiger partial charge in [0.1, 0.15) is 4.88 Å². The van der Waals surface area contributed by atoms with Crippen LogP contribution in [0.2, 0.25) is 0 Å². The molecule has 1 aromatic heterocycles. The predicted octanol–water partition coefficient (Wildman–Crippen LogP) is 2.34. The molecule has 0 aliphatic rings. The van der Waals surface area contributed by atoms with Gasteiger partial charge in [0.25, 0.3) is 0 Å². The minimum Gasteiger partial charge on any atom is -0.477 e. The maximum absolute atomic E-state index is 10.7. The summed E-state index contributed by atoms with van der Waals surface area (Å²) in [5.41, 5.74) is 6.63. The van der Waals surface area contributed by atoms with Crippen molar-refractivity contribution in [3.8, 4) is 0 Å². The van der Waals surface area contributed by atoms with Crippen molar-refractivity contribution in [1.29, 1.82) is 0 Å². The van der Waals surface area contributed by atoms with Gasteiger partial charge >= 0.3 is 5.97 Å². The van der Waals surface area contributed by atoms with E-state index in [-0.39, 0.29) is 0 Å². The molecule has 0 saturated heterocycles. The standard InChI is InChI=1S/C10H15NO2S2/c1-6(4-11)14-5-8-3-9(10(12)13)15-7(8)2/h3,6H,4-5,11H2,1-2H3,(H,12,13). The van der Waals surface area contributed by atoms with Crippen molar-refractivity contribution >= 4 is 29.1 Å². The SMILES string of the molecule is Cc1sc(C(=O)O)cc1CSC(C)CN. The zero-order valence-corrected chi connectivity index (χ0v) is 10.5. The highest BCUT2D eigenvalue weighted by Gasteiger charge is 2.11. The van der Waals surface area contributed by atoms with Crippen molar-refractivity contribution in [3.05, 3.63) is 21.4 Å². The minimum atomic E-state index is -0.841. The summed E-state index contributed by atoms with van der Waals surface area (Å²) in [6.45, 7) is 4.68. The molecular weight excluding hydrogens is 230 g/mol. The number of hydrogen-bond donors (Lipinski definition) is 2. The Kier molecular flexibility index (Phi) is 4.63. The third-order valence-corrected chi connectivity index (χ3v) is 4.41. The molecule has 1 aromatic rings. The number of aryl methyl sites for hydroxylation is 1. The summed E-state index contributed by atoms with van der Waals surface area (Å²) in [7, 11) is 0. The van der Waals surface area contributed by atoms with E-state index in [1.807, 2.05) is 6.92 Å². The van der Waals surface area contributed by atoms with Crippen LogP contribution in [0, 0.1) is 6.92 Å². The number of carbonyl (C=O) groups is 1. The molecule has 1 unspecified atom stereocenters. The normalized spacial score (nSPS) is 12.7. The van der Waals surface area contributed by atoms with Gasteiger partial charge in [-0.15, -0.1) is 11.3 Å². The maximum atomic E-state index is 10.7. The molecule has 0 fully saturated rings. The van der Waals surface area contributed by atoms with Crippen LogP contribution in [-0.2, 0) is 5.75 Å². The van der Waals surface area contributed by atoms with E-state index in [2.05, 4.69) is 6.92 Å². The molecule has 0 bridgehead atoms. The van der Waals surface area contributed by atoms with Gasteiger partial charge in [-0.2, -0.15) is 11.8 Å². The summed E-state index contributed by atoms with van der Waals surface area (Å²) in [5.74, 6) is -0.000210. The van der Waals surface area contributed by atoms with Gasteiger partial charge in [-0.3, -0.25) is 0 Å². The molecule has 1 atom stereocenters. The minimum absolute atomic E-state index is 0.414. The first-order chi connectivity index (χ1) is 7.04. The number of hydrogen-bond acceptors (Lipinski definition) is 4. The maximum Gasteiger partial charge on any atom is 0.345 e. The highest BCUT2D eigenvalue weighted by Crippen LogP contribution is 2.26. The molecular formula is C10H15NO2S2. The summed E-state index contributed by atoms with van der Waals surface area (Å²) >= 11 is 3.10. The summed E-state index contributed by atoms with van der Waals surface area (Å²) in [6.07, 6.45) is 0. The number of nitrogens with two attached hydrogens (primary N) is 1. The second-order valence-electron chi connectivity index (χ2n) is 3.35. The Morgan fingerprint density at radius 3 is 2.87 bits per heavy atom. The predicted molar refractivity (Wildman–Crippen MR) is 65.8 cm³/mol. The molecule has 0 spiro atoms. The molecule has 3 N–H and O–H groups in total. The first kappa shape index (κ1) is 12.5. The monoisotopic (exact) mass is 245 g/mol. The quantitative estimate of drug-likeness (QED) is 0.835. The van der Waals surface area contributed by atoms with Gasteiger partial charge in [0, 0.05) is 22.4 Å². The van der Waals surface area contributed by atoms with Crippen molar-refractivity contribution < 1.29 is 9.90 Å². The number of aromatic carboxylic acids is 1. The van der Waals surface area contributed by atoms with E-state index in [0.29, 0.717) is 16.7 Å². The van der Waals surface area contributed by atoms with Crippen LogP contribution in [-0.4, -0.2) is 22.9 Å². The number of rotatable bonds is 5. The average Bonchev–Trinajstić information content (AvgIpc) is 2.56. The fourth-order valence-electron chi connectivity index (χ4n) is 1.07. The zero-order chi connectivity index (χ0) is 11.4. The molecule has 0 radical (unpaired) electrons. The Morgan fingerprint density at radius 2 is 2.40 bits per heavy atom. The van der Waals surface area contributed by atoms with Crippen LogP contribution in [0.15, 0.2) is 6.07 Å². The Labute approximate surface area is 97.7 Å². The van der Waals surface area contributed by atoms with E-state index in [9.17, 15) is 4.79 Å². The van der Waals surface area contributed by atoms with Gasteiger partial charge in [0.2, 0.25) is 0 Å².